The van der Waals surface area contributed by atoms with Crippen LogP contribution in [0.5, 0.6) is 0 Å². The monoisotopic (exact) mass is 227 g/mol. The molecule has 86 valence electrons. The highest BCUT2D eigenvalue weighted by Crippen LogP contribution is 2.10. The van der Waals surface area contributed by atoms with Gasteiger partial charge >= 0.3 is 0 Å². The number of aryl methyl sites for hydroxylation is 1. The highest BCUT2D eigenvalue weighted by Gasteiger charge is 2.10. The summed E-state index contributed by atoms with van der Waals surface area (Å²) in [4.78, 5) is 15.9. The van der Waals surface area contributed by atoms with E-state index in [2.05, 4.69) is 11.6 Å². The second-order valence-electron chi connectivity index (χ2n) is 3.83. The fourth-order valence-corrected chi connectivity index (χ4v) is 1.50. The highest BCUT2D eigenvalue weighted by atomic mass is 16.4. The second kappa shape index (κ2) is 4.78. The summed E-state index contributed by atoms with van der Waals surface area (Å²) in [7, 11) is 0. The van der Waals surface area contributed by atoms with Crippen molar-refractivity contribution in [2.75, 3.05) is 0 Å². The first-order valence-corrected chi connectivity index (χ1v) is 5.36. The Morgan fingerprint density at radius 1 is 1.41 bits per heavy atom. The smallest absolute Gasteiger partial charge is 0.218 e. The molecule has 0 unspecified atom stereocenters. The van der Waals surface area contributed by atoms with Crippen molar-refractivity contribution < 1.29 is 9.21 Å². The van der Waals surface area contributed by atoms with Crippen LogP contribution in [0.15, 0.2) is 41.5 Å². The number of rotatable bonds is 4. The molecule has 0 atom stereocenters. The topological polar surface area (TPSA) is 43.1 Å². The van der Waals surface area contributed by atoms with Gasteiger partial charge in [-0.1, -0.05) is 36.4 Å². The van der Waals surface area contributed by atoms with Crippen LogP contribution >= 0.6 is 0 Å². The van der Waals surface area contributed by atoms with Gasteiger partial charge in [0.25, 0.3) is 0 Å². The van der Waals surface area contributed by atoms with E-state index in [1.807, 2.05) is 31.2 Å². The summed E-state index contributed by atoms with van der Waals surface area (Å²) in [6.07, 6.45) is 3.30. The molecule has 3 nitrogen and oxygen atoms in total. The highest BCUT2D eigenvalue weighted by molar-refractivity contribution is 5.97. The Balaban J connectivity index is 2.11. The third-order valence-electron chi connectivity index (χ3n) is 2.45. The Hall–Kier alpha value is -2.16. The number of oxazole rings is 1. The zero-order chi connectivity index (χ0) is 12.3. The molecule has 2 rings (SSSR count). The molecule has 0 spiro atoms. The van der Waals surface area contributed by atoms with Gasteiger partial charge < -0.3 is 4.42 Å². The molecule has 0 aliphatic carbocycles. The molecule has 17 heavy (non-hydrogen) atoms. The minimum atomic E-state index is 0.0248. The molecule has 0 saturated carbocycles. The fraction of sp³-hybridized carbons (Fsp3) is 0.143. The van der Waals surface area contributed by atoms with E-state index in [1.165, 1.54) is 6.08 Å². The number of hydrogen-bond acceptors (Lipinski definition) is 3. The number of nitrogens with zero attached hydrogens (tertiary/aromatic N) is 1. The van der Waals surface area contributed by atoms with E-state index in [0.717, 1.165) is 5.56 Å². The third-order valence-corrected chi connectivity index (χ3v) is 2.45. The van der Waals surface area contributed by atoms with Crippen LogP contribution in [0, 0.1) is 6.92 Å². The standard InChI is InChI=1S/C14H13NO2/c1-3-14-15-9-12(17-14)8-13(16)11-6-4-10(2)5-7-11/h3-7,9H,1,8H2,2H3. The number of hydrogen-bond donors (Lipinski definition) is 0. The van der Waals surface area contributed by atoms with Crippen molar-refractivity contribution in [3.8, 4) is 0 Å². The molecule has 0 aliphatic rings. The first kappa shape index (κ1) is 11.3. The lowest BCUT2D eigenvalue weighted by Gasteiger charge is -1.99. The summed E-state index contributed by atoms with van der Waals surface area (Å²) >= 11 is 0. The van der Waals surface area contributed by atoms with Gasteiger partial charge in [0.15, 0.2) is 5.78 Å². The Morgan fingerprint density at radius 3 is 2.71 bits per heavy atom. The molecule has 1 aromatic heterocycles. The van der Waals surface area contributed by atoms with Crippen LogP contribution in [0.1, 0.15) is 27.6 Å². The van der Waals surface area contributed by atoms with Gasteiger partial charge in [-0.2, -0.15) is 0 Å². The van der Waals surface area contributed by atoms with Crippen LogP contribution in [0.2, 0.25) is 0 Å². The summed E-state index contributed by atoms with van der Waals surface area (Å²) < 4.78 is 5.30. The molecule has 0 radical (unpaired) electrons. The van der Waals surface area contributed by atoms with Crippen LogP contribution in [0.25, 0.3) is 6.08 Å². The van der Waals surface area contributed by atoms with Crippen molar-refractivity contribution in [1.29, 1.82) is 0 Å². The van der Waals surface area contributed by atoms with Gasteiger partial charge in [0, 0.05) is 5.56 Å². The molecular weight excluding hydrogens is 214 g/mol. The average Bonchev–Trinajstić information content (AvgIpc) is 2.77. The fourth-order valence-electron chi connectivity index (χ4n) is 1.50. The van der Waals surface area contributed by atoms with E-state index in [1.54, 1.807) is 6.20 Å². The minimum Gasteiger partial charge on any atom is -0.441 e. The lowest BCUT2D eigenvalue weighted by atomic mass is 10.1. The maximum absolute atomic E-state index is 11.9. The molecule has 0 saturated heterocycles. The van der Waals surface area contributed by atoms with Crippen molar-refractivity contribution >= 4 is 11.9 Å². The summed E-state index contributed by atoms with van der Waals surface area (Å²) in [5.41, 5.74) is 1.82. The number of carbonyl (C=O) groups excluding carboxylic acids is 1. The maximum atomic E-state index is 11.9. The Labute approximate surface area is 99.8 Å². The molecule has 2 aromatic rings. The van der Waals surface area contributed by atoms with Gasteiger partial charge in [-0.25, -0.2) is 4.98 Å². The van der Waals surface area contributed by atoms with Gasteiger partial charge in [-0.15, -0.1) is 0 Å². The first-order chi connectivity index (χ1) is 8.19. The SMILES string of the molecule is C=Cc1ncc(CC(=O)c2ccc(C)cc2)o1. The van der Waals surface area contributed by atoms with Crippen molar-refractivity contribution in [2.24, 2.45) is 0 Å². The van der Waals surface area contributed by atoms with Crippen LogP contribution in [0.4, 0.5) is 0 Å². The largest absolute Gasteiger partial charge is 0.441 e. The summed E-state index contributed by atoms with van der Waals surface area (Å²) in [6, 6.07) is 7.48. The van der Waals surface area contributed by atoms with Crippen molar-refractivity contribution in [1.82, 2.24) is 4.98 Å². The predicted octanol–water partition coefficient (Wildman–Crippen LogP) is 3.05. The Kier molecular flexibility index (Phi) is 3.19. The lowest BCUT2D eigenvalue weighted by Crippen LogP contribution is -2.02. The predicted molar refractivity (Wildman–Crippen MR) is 65.8 cm³/mol. The zero-order valence-corrected chi connectivity index (χ0v) is 9.64. The van der Waals surface area contributed by atoms with Crippen molar-refractivity contribution in [3.63, 3.8) is 0 Å². The third kappa shape index (κ3) is 2.69. The van der Waals surface area contributed by atoms with Gasteiger partial charge in [0.05, 0.1) is 12.6 Å². The van der Waals surface area contributed by atoms with E-state index >= 15 is 0 Å². The van der Waals surface area contributed by atoms with Crippen molar-refractivity contribution in [3.05, 3.63) is 59.8 Å². The molecule has 1 aromatic carbocycles. The van der Waals surface area contributed by atoms with Gasteiger partial charge in [0.2, 0.25) is 5.89 Å². The van der Waals surface area contributed by atoms with E-state index in [9.17, 15) is 4.79 Å². The average molecular weight is 227 g/mol. The zero-order valence-electron chi connectivity index (χ0n) is 9.64. The normalized spacial score (nSPS) is 10.2. The minimum absolute atomic E-state index is 0.0248. The van der Waals surface area contributed by atoms with E-state index in [0.29, 0.717) is 17.2 Å². The maximum Gasteiger partial charge on any atom is 0.218 e. The quantitative estimate of drug-likeness (QED) is 0.754. The van der Waals surface area contributed by atoms with Gasteiger partial charge in [0.1, 0.15) is 5.76 Å². The number of benzene rings is 1. The first-order valence-electron chi connectivity index (χ1n) is 5.36. The Bertz CT molecular complexity index is 538. The summed E-state index contributed by atoms with van der Waals surface area (Å²) in [6.45, 7) is 5.54. The van der Waals surface area contributed by atoms with Crippen LogP contribution in [-0.4, -0.2) is 10.8 Å². The van der Waals surface area contributed by atoms with E-state index in [-0.39, 0.29) is 12.2 Å². The van der Waals surface area contributed by atoms with Gasteiger partial charge in [-0.05, 0) is 13.0 Å². The van der Waals surface area contributed by atoms with Gasteiger partial charge in [-0.3, -0.25) is 4.79 Å². The summed E-state index contributed by atoms with van der Waals surface area (Å²) in [5, 5.41) is 0. The molecule has 0 fully saturated rings. The van der Waals surface area contributed by atoms with Crippen LogP contribution in [-0.2, 0) is 6.42 Å². The molecule has 0 bridgehead atoms. The second-order valence-corrected chi connectivity index (χ2v) is 3.83. The molecule has 3 heteroatoms. The van der Waals surface area contributed by atoms with Crippen molar-refractivity contribution in [2.45, 2.75) is 13.3 Å². The van der Waals surface area contributed by atoms with E-state index in [4.69, 9.17) is 4.42 Å². The molecular formula is C14H13NO2. The number of ketones is 1. The lowest BCUT2D eigenvalue weighted by molar-refractivity contribution is 0.0987. The number of Topliss-reactive ketones (excluding diaryl/α,β-unsaturated/α-hetero) is 1. The Morgan fingerprint density at radius 2 is 2.12 bits per heavy atom. The molecule has 0 aliphatic heterocycles. The van der Waals surface area contributed by atoms with Crippen LogP contribution in [0.3, 0.4) is 0 Å². The molecule has 0 amide bonds. The molecule has 1 heterocycles. The number of aromatic nitrogens is 1. The van der Waals surface area contributed by atoms with E-state index < -0.39 is 0 Å². The summed E-state index contributed by atoms with van der Waals surface area (Å²) in [5.74, 6) is 1.03. The molecule has 0 N–H and O–H groups in total. The van der Waals surface area contributed by atoms with Crippen LogP contribution < -0.4 is 0 Å². The number of carbonyl (C=O) groups is 1.